The van der Waals surface area contributed by atoms with Crippen LogP contribution in [0.15, 0.2) is 88.7 Å². The second-order valence-electron chi connectivity index (χ2n) is 9.46. The van der Waals surface area contributed by atoms with E-state index in [1.807, 2.05) is 66.4 Å². The molecule has 3 aromatic rings. The maximum Gasteiger partial charge on any atom is 0.322 e. The third-order valence-corrected chi connectivity index (χ3v) is 7.55. The fourth-order valence-corrected chi connectivity index (χ4v) is 5.34. The van der Waals surface area contributed by atoms with Crippen molar-refractivity contribution in [2.24, 2.45) is 0 Å². The van der Waals surface area contributed by atoms with E-state index < -0.39 is 0 Å². The Balaban J connectivity index is 1.41. The van der Waals surface area contributed by atoms with Crippen LogP contribution in [-0.4, -0.2) is 24.6 Å². The van der Waals surface area contributed by atoms with Gasteiger partial charge in [0.25, 0.3) is 0 Å². The Bertz CT molecular complexity index is 1130. The van der Waals surface area contributed by atoms with Crippen molar-refractivity contribution < 1.29 is 14.3 Å². The summed E-state index contributed by atoms with van der Waals surface area (Å²) in [6, 6.07) is 26.3. The number of esters is 1. The first kappa shape index (κ1) is 26.8. The number of hydrogen-bond donors (Lipinski definition) is 1. The molecular weight excluding hydrogens is 480 g/mol. The number of nitrogens with one attached hydrogen (secondary N) is 1. The minimum absolute atomic E-state index is 0.0172. The molecule has 1 saturated carbocycles. The maximum absolute atomic E-state index is 13.3. The zero-order chi connectivity index (χ0) is 25.9. The van der Waals surface area contributed by atoms with Crippen molar-refractivity contribution in [3.05, 3.63) is 84.4 Å². The van der Waals surface area contributed by atoms with Crippen LogP contribution in [0.1, 0.15) is 57.4 Å². The molecule has 3 aromatic carbocycles. The number of carbonyl (C=O) groups excluding carboxylic acids is 2. The van der Waals surface area contributed by atoms with E-state index in [4.69, 9.17) is 4.74 Å². The molecule has 5 nitrogen and oxygen atoms in total. The van der Waals surface area contributed by atoms with E-state index in [9.17, 15) is 9.59 Å². The van der Waals surface area contributed by atoms with Gasteiger partial charge in [0, 0.05) is 34.5 Å². The average molecular weight is 517 g/mol. The van der Waals surface area contributed by atoms with Crippen molar-refractivity contribution in [2.75, 3.05) is 11.4 Å². The van der Waals surface area contributed by atoms with Gasteiger partial charge in [-0.3, -0.25) is 9.69 Å². The summed E-state index contributed by atoms with van der Waals surface area (Å²) < 4.78 is 5.34. The first-order valence-corrected chi connectivity index (χ1v) is 14.1. The monoisotopic (exact) mass is 516 g/mol. The molecule has 1 N–H and O–H groups in total. The van der Waals surface area contributed by atoms with E-state index in [0.29, 0.717) is 18.7 Å². The number of rotatable bonds is 10. The third kappa shape index (κ3) is 8.39. The van der Waals surface area contributed by atoms with Gasteiger partial charge in [-0.25, -0.2) is 4.79 Å². The number of urea groups is 1. The van der Waals surface area contributed by atoms with Crippen molar-refractivity contribution in [2.45, 2.75) is 74.1 Å². The van der Waals surface area contributed by atoms with E-state index in [0.717, 1.165) is 41.2 Å². The van der Waals surface area contributed by atoms with Crippen molar-refractivity contribution >= 4 is 29.4 Å². The number of carbonyl (C=O) groups is 2. The summed E-state index contributed by atoms with van der Waals surface area (Å²) in [7, 11) is 0. The normalized spacial score (nSPS) is 13.6. The second-order valence-corrected chi connectivity index (χ2v) is 10.6. The quantitative estimate of drug-likeness (QED) is 0.222. The summed E-state index contributed by atoms with van der Waals surface area (Å²) >= 11 is 1.63. The van der Waals surface area contributed by atoms with Gasteiger partial charge in [-0.2, -0.15) is 0 Å². The minimum Gasteiger partial charge on any atom is -0.427 e. The average Bonchev–Trinajstić information content (AvgIpc) is 2.92. The summed E-state index contributed by atoms with van der Waals surface area (Å²) in [6.45, 7) is 2.57. The van der Waals surface area contributed by atoms with Crippen LogP contribution >= 0.6 is 11.8 Å². The van der Waals surface area contributed by atoms with Crippen LogP contribution in [0.2, 0.25) is 0 Å². The summed E-state index contributed by atoms with van der Waals surface area (Å²) in [5.74, 6) is 0.360. The van der Waals surface area contributed by atoms with E-state index in [1.165, 1.54) is 24.8 Å². The molecule has 0 unspecified atom stereocenters. The van der Waals surface area contributed by atoms with Crippen molar-refractivity contribution in [1.82, 2.24) is 5.32 Å². The lowest BCUT2D eigenvalue weighted by Crippen LogP contribution is -2.46. The Kier molecular flexibility index (Phi) is 10.1. The standard InChI is InChI=1S/C31H36N2O3S/c1-2-9-30(34)36-27-16-20-29(21-17-27)37-28-18-14-26(15-19-28)33(23-22-24-10-5-3-6-11-24)31(35)32-25-12-7-4-8-13-25/h3,5-6,10-11,14-21,25H,2,4,7-9,12-13,22-23H2,1H3,(H,32,35). The lowest BCUT2D eigenvalue weighted by atomic mass is 9.96. The van der Waals surface area contributed by atoms with Crippen molar-refractivity contribution in [3.8, 4) is 5.75 Å². The number of ether oxygens (including phenoxy) is 1. The Morgan fingerprint density at radius 3 is 2.19 bits per heavy atom. The summed E-state index contributed by atoms with van der Waals surface area (Å²) in [4.78, 5) is 29.0. The lowest BCUT2D eigenvalue weighted by Gasteiger charge is -2.28. The number of hydrogen-bond acceptors (Lipinski definition) is 4. The highest BCUT2D eigenvalue weighted by atomic mass is 32.2. The van der Waals surface area contributed by atoms with Crippen LogP contribution in [0.25, 0.3) is 0 Å². The number of nitrogens with zero attached hydrogens (tertiary/aromatic N) is 1. The number of benzene rings is 3. The molecule has 1 aliphatic rings. The molecule has 6 heteroatoms. The van der Waals surface area contributed by atoms with Crippen LogP contribution in [-0.2, 0) is 11.2 Å². The minimum atomic E-state index is -0.206. The van der Waals surface area contributed by atoms with Gasteiger partial charge in [-0.1, -0.05) is 68.3 Å². The number of anilines is 1. The van der Waals surface area contributed by atoms with E-state index in [1.54, 1.807) is 11.8 Å². The molecule has 194 valence electrons. The topological polar surface area (TPSA) is 58.6 Å². The van der Waals surface area contributed by atoms with Gasteiger partial charge >= 0.3 is 12.0 Å². The van der Waals surface area contributed by atoms with Gasteiger partial charge in [0.15, 0.2) is 0 Å². The highest BCUT2D eigenvalue weighted by Crippen LogP contribution is 2.31. The highest BCUT2D eigenvalue weighted by Gasteiger charge is 2.21. The molecular formula is C31H36N2O3S. The van der Waals surface area contributed by atoms with Gasteiger partial charge in [0.05, 0.1) is 0 Å². The third-order valence-electron chi connectivity index (χ3n) is 6.54. The predicted molar refractivity (Wildman–Crippen MR) is 150 cm³/mol. The second kappa shape index (κ2) is 13.9. The predicted octanol–water partition coefficient (Wildman–Crippen LogP) is 7.63. The Morgan fingerprint density at radius 2 is 1.54 bits per heavy atom. The fraction of sp³-hybridized carbons (Fsp3) is 0.355. The smallest absolute Gasteiger partial charge is 0.322 e. The van der Waals surface area contributed by atoms with Gasteiger partial charge in [0.2, 0.25) is 0 Å². The Hall–Kier alpha value is -3.25. The Labute approximate surface area is 224 Å². The van der Waals surface area contributed by atoms with Crippen LogP contribution < -0.4 is 15.0 Å². The highest BCUT2D eigenvalue weighted by molar-refractivity contribution is 7.99. The lowest BCUT2D eigenvalue weighted by molar-refractivity contribution is -0.134. The summed E-state index contributed by atoms with van der Waals surface area (Å²) in [6.07, 6.45) is 7.74. The molecule has 37 heavy (non-hydrogen) atoms. The molecule has 0 saturated heterocycles. The molecule has 1 aliphatic carbocycles. The van der Waals surface area contributed by atoms with Crippen LogP contribution in [0.4, 0.5) is 10.5 Å². The Morgan fingerprint density at radius 1 is 0.892 bits per heavy atom. The molecule has 4 rings (SSSR count). The van der Waals surface area contributed by atoms with Crippen LogP contribution in [0.5, 0.6) is 5.75 Å². The van der Waals surface area contributed by atoms with Crippen molar-refractivity contribution in [3.63, 3.8) is 0 Å². The SMILES string of the molecule is CCCC(=O)Oc1ccc(Sc2ccc(N(CCc3ccccc3)C(=O)NC3CCCCC3)cc2)cc1. The number of amides is 2. The first-order valence-electron chi connectivity index (χ1n) is 13.3. The molecule has 0 spiro atoms. The van der Waals surface area contributed by atoms with E-state index in [-0.39, 0.29) is 18.0 Å². The maximum atomic E-state index is 13.3. The van der Waals surface area contributed by atoms with Crippen LogP contribution in [0.3, 0.4) is 0 Å². The van der Waals surface area contributed by atoms with E-state index >= 15 is 0 Å². The van der Waals surface area contributed by atoms with Gasteiger partial charge in [-0.05, 0) is 79.8 Å². The van der Waals surface area contributed by atoms with Gasteiger partial charge < -0.3 is 10.1 Å². The van der Waals surface area contributed by atoms with Crippen molar-refractivity contribution in [1.29, 1.82) is 0 Å². The fourth-order valence-electron chi connectivity index (χ4n) is 4.53. The van der Waals surface area contributed by atoms with Gasteiger partial charge in [0.1, 0.15) is 5.75 Å². The molecule has 0 atom stereocenters. The molecule has 0 aromatic heterocycles. The molecule has 0 bridgehead atoms. The molecule has 0 aliphatic heterocycles. The zero-order valence-electron chi connectivity index (χ0n) is 21.5. The molecule has 0 radical (unpaired) electrons. The molecule has 0 heterocycles. The summed E-state index contributed by atoms with van der Waals surface area (Å²) in [5.41, 5.74) is 2.11. The molecule has 1 fully saturated rings. The molecule has 2 amide bonds. The van der Waals surface area contributed by atoms with E-state index in [2.05, 4.69) is 29.6 Å². The van der Waals surface area contributed by atoms with Gasteiger partial charge in [-0.15, -0.1) is 0 Å². The summed E-state index contributed by atoms with van der Waals surface area (Å²) in [5, 5.41) is 3.28. The first-order chi connectivity index (χ1) is 18.1. The van der Waals surface area contributed by atoms with Crippen LogP contribution in [0, 0.1) is 0 Å². The largest absolute Gasteiger partial charge is 0.427 e. The zero-order valence-corrected chi connectivity index (χ0v) is 22.3.